The van der Waals surface area contributed by atoms with Crippen molar-refractivity contribution in [1.82, 2.24) is 5.43 Å². The predicted molar refractivity (Wildman–Crippen MR) is 60.8 cm³/mol. The van der Waals surface area contributed by atoms with Gasteiger partial charge in [0.1, 0.15) is 0 Å². The van der Waals surface area contributed by atoms with Crippen molar-refractivity contribution in [2.45, 2.75) is 18.2 Å². The maximum Gasteiger partial charge on any atom is 0.151 e. The van der Waals surface area contributed by atoms with Gasteiger partial charge in [0, 0.05) is 6.26 Å². The number of rotatable bonds is 4. The van der Waals surface area contributed by atoms with Crippen LogP contribution in [0.3, 0.4) is 0 Å². The largest absolute Gasteiger partial charge is 0.271 e. The average molecular weight is 228 g/mol. The summed E-state index contributed by atoms with van der Waals surface area (Å²) in [5, 5.41) is -0.551. The first-order chi connectivity index (χ1) is 6.96. The molecule has 0 aliphatic rings. The Balaban J connectivity index is 3.01. The molecule has 0 aromatic heterocycles. The number of hydrogen-bond donors (Lipinski definition) is 2. The topological polar surface area (TPSA) is 72.2 Å². The third-order valence-corrected chi connectivity index (χ3v) is 4.11. The number of nitrogens with two attached hydrogens (primary N) is 1. The molecule has 0 radical (unpaired) electrons. The van der Waals surface area contributed by atoms with Crippen molar-refractivity contribution < 1.29 is 8.42 Å². The number of hydrogen-bond acceptors (Lipinski definition) is 4. The van der Waals surface area contributed by atoms with E-state index in [1.54, 1.807) is 6.92 Å². The summed E-state index contributed by atoms with van der Waals surface area (Å²) in [6.45, 7) is 1.65. The summed E-state index contributed by atoms with van der Waals surface area (Å²) in [6.07, 6.45) is 1.21. The van der Waals surface area contributed by atoms with E-state index in [4.69, 9.17) is 5.84 Å². The Morgan fingerprint density at radius 3 is 2.20 bits per heavy atom. The lowest BCUT2D eigenvalue weighted by Gasteiger charge is -2.22. The maximum absolute atomic E-state index is 11.4. The summed E-state index contributed by atoms with van der Waals surface area (Å²) in [5.41, 5.74) is 3.42. The van der Waals surface area contributed by atoms with Gasteiger partial charge in [-0.15, -0.1) is 0 Å². The summed E-state index contributed by atoms with van der Waals surface area (Å²) < 4.78 is 22.8. The molecule has 0 aliphatic carbocycles. The fourth-order valence-corrected chi connectivity index (χ4v) is 2.14. The molecule has 1 rings (SSSR count). The van der Waals surface area contributed by atoms with Crippen molar-refractivity contribution in [3.05, 3.63) is 35.9 Å². The van der Waals surface area contributed by atoms with Gasteiger partial charge in [-0.05, 0) is 12.5 Å². The minimum atomic E-state index is -3.10. The Bertz CT molecular complexity index is 403. The Morgan fingerprint density at radius 2 is 1.80 bits per heavy atom. The van der Waals surface area contributed by atoms with Gasteiger partial charge in [0.15, 0.2) is 9.84 Å². The lowest BCUT2D eigenvalue weighted by Crippen LogP contribution is -2.38. The van der Waals surface area contributed by atoms with Gasteiger partial charge in [-0.1, -0.05) is 30.3 Å². The van der Waals surface area contributed by atoms with E-state index in [9.17, 15) is 8.42 Å². The second-order valence-corrected chi connectivity index (χ2v) is 5.99. The minimum absolute atomic E-state index is 0.374. The highest BCUT2D eigenvalue weighted by atomic mass is 32.2. The fraction of sp³-hybridized carbons (Fsp3) is 0.400. The molecule has 0 fully saturated rings. The van der Waals surface area contributed by atoms with Gasteiger partial charge in [-0.25, -0.2) is 8.42 Å². The van der Waals surface area contributed by atoms with Crippen molar-refractivity contribution in [2.75, 3.05) is 6.26 Å². The molecular weight excluding hydrogens is 212 g/mol. The second kappa shape index (κ2) is 4.74. The normalized spacial score (nSPS) is 15.9. The number of benzene rings is 1. The Kier molecular flexibility index (Phi) is 3.84. The number of sulfone groups is 1. The SMILES string of the molecule is CC(C(NN)c1ccccc1)S(C)(=O)=O. The Hall–Kier alpha value is -0.910. The van der Waals surface area contributed by atoms with E-state index >= 15 is 0 Å². The summed E-state index contributed by atoms with van der Waals surface area (Å²) in [7, 11) is -3.10. The summed E-state index contributed by atoms with van der Waals surface area (Å²) in [6, 6.07) is 8.92. The Morgan fingerprint density at radius 1 is 1.27 bits per heavy atom. The zero-order valence-electron chi connectivity index (χ0n) is 8.84. The van der Waals surface area contributed by atoms with E-state index in [0.717, 1.165) is 5.56 Å². The van der Waals surface area contributed by atoms with E-state index in [2.05, 4.69) is 5.43 Å². The van der Waals surface area contributed by atoms with Crippen LogP contribution in [-0.4, -0.2) is 19.9 Å². The predicted octanol–water partition coefficient (Wildman–Crippen LogP) is 0.624. The quantitative estimate of drug-likeness (QED) is 0.585. The van der Waals surface area contributed by atoms with E-state index in [1.807, 2.05) is 30.3 Å². The molecule has 5 heteroatoms. The van der Waals surface area contributed by atoms with Gasteiger partial charge in [0.25, 0.3) is 0 Å². The number of hydrazine groups is 1. The molecule has 1 aromatic carbocycles. The van der Waals surface area contributed by atoms with Crippen molar-refractivity contribution in [2.24, 2.45) is 5.84 Å². The third kappa shape index (κ3) is 3.02. The molecule has 15 heavy (non-hydrogen) atoms. The van der Waals surface area contributed by atoms with Crippen molar-refractivity contribution in [3.63, 3.8) is 0 Å². The zero-order valence-corrected chi connectivity index (χ0v) is 9.66. The molecule has 0 saturated carbocycles. The van der Waals surface area contributed by atoms with Crippen LogP contribution < -0.4 is 11.3 Å². The van der Waals surface area contributed by atoms with Crippen LogP contribution in [-0.2, 0) is 9.84 Å². The fourth-order valence-electron chi connectivity index (χ4n) is 1.41. The van der Waals surface area contributed by atoms with Crippen LogP contribution in [0.4, 0.5) is 0 Å². The van der Waals surface area contributed by atoms with Crippen molar-refractivity contribution in [1.29, 1.82) is 0 Å². The summed E-state index contributed by atoms with van der Waals surface area (Å²) >= 11 is 0. The first kappa shape index (κ1) is 12.2. The molecule has 0 amide bonds. The van der Waals surface area contributed by atoms with Crippen LogP contribution in [0.5, 0.6) is 0 Å². The van der Waals surface area contributed by atoms with E-state index < -0.39 is 15.1 Å². The molecule has 84 valence electrons. The third-order valence-electron chi connectivity index (χ3n) is 2.48. The van der Waals surface area contributed by atoms with Gasteiger partial charge in [0.2, 0.25) is 0 Å². The summed E-state index contributed by atoms with van der Waals surface area (Å²) in [4.78, 5) is 0. The molecule has 0 bridgehead atoms. The standard InChI is InChI=1S/C10H16N2O2S/c1-8(15(2,13)14)10(12-11)9-6-4-3-5-7-9/h3-8,10,12H,11H2,1-2H3. The van der Waals surface area contributed by atoms with Crippen LogP contribution >= 0.6 is 0 Å². The molecule has 0 spiro atoms. The zero-order chi connectivity index (χ0) is 11.5. The first-order valence-electron chi connectivity index (χ1n) is 4.66. The smallest absolute Gasteiger partial charge is 0.151 e. The minimum Gasteiger partial charge on any atom is -0.271 e. The van der Waals surface area contributed by atoms with Crippen molar-refractivity contribution >= 4 is 9.84 Å². The van der Waals surface area contributed by atoms with Gasteiger partial charge in [-0.2, -0.15) is 0 Å². The summed E-state index contributed by atoms with van der Waals surface area (Å²) in [5.74, 6) is 5.39. The molecular formula is C10H16N2O2S. The first-order valence-corrected chi connectivity index (χ1v) is 6.62. The lowest BCUT2D eigenvalue weighted by atomic mass is 10.1. The van der Waals surface area contributed by atoms with Gasteiger partial charge >= 0.3 is 0 Å². The van der Waals surface area contributed by atoms with Crippen LogP contribution in [0, 0.1) is 0 Å². The van der Waals surface area contributed by atoms with Gasteiger partial charge in [-0.3, -0.25) is 11.3 Å². The molecule has 2 atom stereocenters. The van der Waals surface area contributed by atoms with E-state index in [0.29, 0.717) is 0 Å². The van der Waals surface area contributed by atoms with Crippen LogP contribution in [0.1, 0.15) is 18.5 Å². The van der Waals surface area contributed by atoms with Gasteiger partial charge in [0.05, 0.1) is 11.3 Å². The second-order valence-electron chi connectivity index (χ2n) is 3.59. The molecule has 0 heterocycles. The van der Waals surface area contributed by atoms with E-state index in [-0.39, 0.29) is 6.04 Å². The highest BCUT2D eigenvalue weighted by Crippen LogP contribution is 2.20. The van der Waals surface area contributed by atoms with Gasteiger partial charge < -0.3 is 0 Å². The monoisotopic (exact) mass is 228 g/mol. The molecule has 0 saturated heterocycles. The Labute approximate surface area is 90.4 Å². The molecule has 3 N–H and O–H groups in total. The maximum atomic E-state index is 11.4. The van der Waals surface area contributed by atoms with Crippen LogP contribution in [0.15, 0.2) is 30.3 Å². The van der Waals surface area contributed by atoms with Crippen LogP contribution in [0.25, 0.3) is 0 Å². The molecule has 4 nitrogen and oxygen atoms in total. The lowest BCUT2D eigenvalue weighted by molar-refractivity contribution is 0.513. The number of nitrogens with one attached hydrogen (secondary N) is 1. The average Bonchev–Trinajstić information content (AvgIpc) is 2.19. The van der Waals surface area contributed by atoms with E-state index in [1.165, 1.54) is 6.26 Å². The van der Waals surface area contributed by atoms with Crippen LogP contribution in [0.2, 0.25) is 0 Å². The highest BCUT2D eigenvalue weighted by Gasteiger charge is 2.25. The molecule has 2 unspecified atom stereocenters. The molecule has 0 aliphatic heterocycles. The molecule has 1 aromatic rings. The van der Waals surface area contributed by atoms with Crippen molar-refractivity contribution in [3.8, 4) is 0 Å². The highest BCUT2D eigenvalue weighted by molar-refractivity contribution is 7.91.